The molecule has 0 bridgehead atoms. The molecule has 2 aromatic carbocycles. The minimum absolute atomic E-state index is 0.263. The molecule has 0 spiro atoms. The first kappa shape index (κ1) is 22.9. The molecule has 0 heterocycles. The Morgan fingerprint density at radius 1 is 1.13 bits per heavy atom. The van der Waals surface area contributed by atoms with Gasteiger partial charge in [0.15, 0.2) is 0 Å². The number of sulfonamides is 1. The van der Waals surface area contributed by atoms with Crippen LogP contribution in [-0.2, 0) is 19.6 Å². The van der Waals surface area contributed by atoms with Crippen molar-refractivity contribution in [2.45, 2.75) is 6.92 Å². The van der Waals surface area contributed by atoms with Crippen molar-refractivity contribution in [3.63, 3.8) is 0 Å². The van der Waals surface area contributed by atoms with Crippen molar-refractivity contribution in [2.75, 3.05) is 30.8 Å². The summed E-state index contributed by atoms with van der Waals surface area (Å²) in [7, 11) is -2.46. The van der Waals surface area contributed by atoms with Gasteiger partial charge in [0.1, 0.15) is 12.3 Å². The van der Waals surface area contributed by atoms with E-state index >= 15 is 0 Å². The van der Waals surface area contributed by atoms with E-state index in [0.29, 0.717) is 23.5 Å². The molecule has 1 amide bonds. The molecule has 9 nitrogen and oxygen atoms in total. The Bertz CT molecular complexity index is 1020. The minimum atomic E-state index is -3.75. The molecular formula is C20H23N3O6S. The maximum absolute atomic E-state index is 12.3. The van der Waals surface area contributed by atoms with Gasteiger partial charge in [0, 0.05) is 0 Å². The number of ether oxygens (including phenoxy) is 2. The number of hydrogen-bond acceptors (Lipinski definition) is 7. The maximum Gasteiger partial charge on any atom is 0.337 e. The molecule has 160 valence electrons. The lowest BCUT2D eigenvalue weighted by Crippen LogP contribution is -2.39. The van der Waals surface area contributed by atoms with Gasteiger partial charge in [0.25, 0.3) is 5.91 Å². The summed E-state index contributed by atoms with van der Waals surface area (Å²) in [6, 6.07) is 12.9. The molecule has 0 saturated heterocycles. The molecule has 0 aliphatic rings. The van der Waals surface area contributed by atoms with E-state index in [1.54, 1.807) is 55.5 Å². The number of para-hydroxylation sites is 2. The largest absolute Gasteiger partial charge is 0.492 e. The van der Waals surface area contributed by atoms with Crippen LogP contribution in [0.4, 0.5) is 5.69 Å². The zero-order valence-corrected chi connectivity index (χ0v) is 17.7. The van der Waals surface area contributed by atoms with Crippen LogP contribution in [0.15, 0.2) is 53.6 Å². The van der Waals surface area contributed by atoms with Gasteiger partial charge in [-0.15, -0.1) is 0 Å². The molecular weight excluding hydrogens is 410 g/mol. The second-order valence-corrected chi connectivity index (χ2v) is 7.98. The summed E-state index contributed by atoms with van der Waals surface area (Å²) >= 11 is 0. The molecule has 0 atom stereocenters. The van der Waals surface area contributed by atoms with Crippen molar-refractivity contribution >= 4 is 33.8 Å². The van der Waals surface area contributed by atoms with Crippen LogP contribution in [0.5, 0.6) is 5.75 Å². The molecule has 10 heteroatoms. The lowest BCUT2D eigenvalue weighted by molar-refractivity contribution is -0.119. The third-order valence-electron chi connectivity index (χ3n) is 3.86. The second kappa shape index (κ2) is 10.4. The average Bonchev–Trinajstić information content (AvgIpc) is 2.72. The van der Waals surface area contributed by atoms with E-state index in [2.05, 4.69) is 15.3 Å². The van der Waals surface area contributed by atoms with Crippen molar-refractivity contribution in [1.82, 2.24) is 5.43 Å². The van der Waals surface area contributed by atoms with Crippen LogP contribution in [0.1, 0.15) is 22.8 Å². The van der Waals surface area contributed by atoms with E-state index in [1.807, 2.05) is 0 Å². The van der Waals surface area contributed by atoms with Crippen molar-refractivity contribution in [3.8, 4) is 5.75 Å². The van der Waals surface area contributed by atoms with E-state index < -0.39 is 28.4 Å². The van der Waals surface area contributed by atoms with Crippen molar-refractivity contribution < 1.29 is 27.5 Å². The Morgan fingerprint density at radius 2 is 1.80 bits per heavy atom. The highest BCUT2D eigenvalue weighted by atomic mass is 32.2. The fourth-order valence-corrected chi connectivity index (χ4v) is 3.35. The Hall–Kier alpha value is -3.40. The molecule has 1 N–H and O–H groups in total. The number of methoxy groups -OCH3 is 1. The molecule has 0 aliphatic heterocycles. The Labute approximate surface area is 175 Å². The van der Waals surface area contributed by atoms with Gasteiger partial charge in [0.05, 0.1) is 37.4 Å². The number of benzene rings is 2. The fourth-order valence-electron chi connectivity index (χ4n) is 2.49. The third-order valence-corrected chi connectivity index (χ3v) is 4.98. The zero-order chi connectivity index (χ0) is 22.1. The number of hydrogen-bond donors (Lipinski definition) is 1. The summed E-state index contributed by atoms with van der Waals surface area (Å²) in [5, 5.41) is 3.83. The standard InChI is InChI=1S/C20H23N3O6S/c1-4-29-18-8-6-5-7-17(18)23(30(3,26)27)14-19(24)22-21-13-15-9-11-16(12-10-15)20(25)28-2/h5-13H,4,14H2,1-3H3,(H,22,24)/b21-13-. The molecule has 0 saturated carbocycles. The van der Waals surface area contributed by atoms with Gasteiger partial charge in [-0.3, -0.25) is 9.10 Å². The lowest BCUT2D eigenvalue weighted by atomic mass is 10.1. The first-order valence-corrected chi connectivity index (χ1v) is 10.8. The summed E-state index contributed by atoms with van der Waals surface area (Å²) in [6.45, 7) is 1.65. The van der Waals surface area contributed by atoms with Crippen LogP contribution in [0, 0.1) is 0 Å². The molecule has 2 rings (SSSR count). The van der Waals surface area contributed by atoms with Crippen LogP contribution >= 0.6 is 0 Å². The minimum Gasteiger partial charge on any atom is -0.492 e. The van der Waals surface area contributed by atoms with E-state index in [4.69, 9.17) is 4.74 Å². The predicted molar refractivity (Wildman–Crippen MR) is 113 cm³/mol. The van der Waals surface area contributed by atoms with E-state index in [1.165, 1.54) is 13.3 Å². The molecule has 30 heavy (non-hydrogen) atoms. The highest BCUT2D eigenvalue weighted by molar-refractivity contribution is 7.92. The number of nitrogens with zero attached hydrogens (tertiary/aromatic N) is 2. The smallest absolute Gasteiger partial charge is 0.337 e. The predicted octanol–water partition coefficient (Wildman–Crippen LogP) is 1.79. The van der Waals surface area contributed by atoms with Crippen LogP contribution in [-0.4, -0.2) is 53.0 Å². The Morgan fingerprint density at radius 3 is 2.40 bits per heavy atom. The second-order valence-electron chi connectivity index (χ2n) is 6.08. The van der Waals surface area contributed by atoms with Crippen molar-refractivity contribution in [1.29, 1.82) is 0 Å². The van der Waals surface area contributed by atoms with Crippen molar-refractivity contribution in [2.24, 2.45) is 5.10 Å². The first-order chi connectivity index (χ1) is 14.3. The van der Waals surface area contributed by atoms with Crippen LogP contribution < -0.4 is 14.5 Å². The molecule has 0 fully saturated rings. The number of nitrogens with one attached hydrogen (secondary N) is 1. The lowest BCUT2D eigenvalue weighted by Gasteiger charge is -2.23. The van der Waals surface area contributed by atoms with Gasteiger partial charge in [-0.2, -0.15) is 5.10 Å². The molecule has 0 unspecified atom stereocenters. The zero-order valence-electron chi connectivity index (χ0n) is 16.9. The summed E-state index contributed by atoms with van der Waals surface area (Å²) in [5.41, 5.74) is 3.57. The summed E-state index contributed by atoms with van der Waals surface area (Å²) in [6.07, 6.45) is 2.38. The molecule has 0 radical (unpaired) electrons. The number of anilines is 1. The number of rotatable bonds is 9. The van der Waals surface area contributed by atoms with E-state index in [0.717, 1.165) is 10.6 Å². The topological polar surface area (TPSA) is 114 Å². The van der Waals surface area contributed by atoms with Gasteiger partial charge in [-0.25, -0.2) is 18.6 Å². The quantitative estimate of drug-likeness (QED) is 0.366. The number of amides is 1. The summed E-state index contributed by atoms with van der Waals surface area (Å²) in [4.78, 5) is 23.7. The molecule has 2 aromatic rings. The SMILES string of the molecule is CCOc1ccccc1N(CC(=O)N/N=C\c1ccc(C(=O)OC)cc1)S(C)(=O)=O. The van der Waals surface area contributed by atoms with Crippen LogP contribution in [0.3, 0.4) is 0 Å². The van der Waals surface area contributed by atoms with Gasteiger partial charge in [-0.1, -0.05) is 24.3 Å². The third kappa shape index (κ3) is 6.31. The summed E-state index contributed by atoms with van der Waals surface area (Å²) < 4.78 is 35.5. The highest BCUT2D eigenvalue weighted by Crippen LogP contribution is 2.29. The van der Waals surface area contributed by atoms with Gasteiger partial charge < -0.3 is 9.47 Å². The monoisotopic (exact) mass is 433 g/mol. The van der Waals surface area contributed by atoms with E-state index in [-0.39, 0.29) is 5.69 Å². The van der Waals surface area contributed by atoms with Gasteiger partial charge in [-0.05, 0) is 36.8 Å². The first-order valence-electron chi connectivity index (χ1n) is 8.96. The van der Waals surface area contributed by atoms with Crippen LogP contribution in [0.2, 0.25) is 0 Å². The Kier molecular flexibility index (Phi) is 7.93. The maximum atomic E-state index is 12.3. The number of hydrazone groups is 1. The van der Waals surface area contributed by atoms with E-state index in [9.17, 15) is 18.0 Å². The fraction of sp³-hybridized carbons (Fsp3) is 0.250. The highest BCUT2D eigenvalue weighted by Gasteiger charge is 2.23. The Balaban J connectivity index is 2.09. The average molecular weight is 433 g/mol. The summed E-state index contributed by atoms with van der Waals surface area (Å²) in [5.74, 6) is -0.735. The van der Waals surface area contributed by atoms with Crippen LogP contribution in [0.25, 0.3) is 0 Å². The number of esters is 1. The van der Waals surface area contributed by atoms with Crippen molar-refractivity contribution in [3.05, 3.63) is 59.7 Å². The normalized spacial score (nSPS) is 11.2. The van der Waals surface area contributed by atoms with Gasteiger partial charge in [0.2, 0.25) is 10.0 Å². The number of carbonyl (C=O) groups is 2. The molecule has 0 aliphatic carbocycles. The van der Waals surface area contributed by atoms with Gasteiger partial charge >= 0.3 is 5.97 Å². The number of carbonyl (C=O) groups excluding carboxylic acids is 2. The molecule has 0 aromatic heterocycles.